The quantitative estimate of drug-likeness (QED) is 0.812. The molecular formula is C17H20N4O2. The molecule has 0 radical (unpaired) electrons. The molecule has 3 amide bonds. The summed E-state index contributed by atoms with van der Waals surface area (Å²) in [6, 6.07) is 10.5. The van der Waals surface area contributed by atoms with Crippen LogP contribution in [0.25, 0.3) is 5.69 Å². The molecule has 2 aromatic rings. The number of nitrogens with zero attached hydrogens (tertiary/aromatic N) is 1. The van der Waals surface area contributed by atoms with Crippen molar-refractivity contribution in [1.82, 2.24) is 15.2 Å². The highest BCUT2D eigenvalue weighted by Crippen LogP contribution is 2.16. The summed E-state index contributed by atoms with van der Waals surface area (Å²) in [5, 5.41) is 8.32. The second-order valence-corrected chi connectivity index (χ2v) is 5.77. The van der Waals surface area contributed by atoms with Crippen molar-refractivity contribution in [2.75, 3.05) is 11.9 Å². The van der Waals surface area contributed by atoms with E-state index >= 15 is 0 Å². The Labute approximate surface area is 134 Å². The van der Waals surface area contributed by atoms with E-state index in [2.05, 4.69) is 16.0 Å². The number of urea groups is 1. The van der Waals surface area contributed by atoms with Crippen LogP contribution in [0.3, 0.4) is 0 Å². The van der Waals surface area contributed by atoms with E-state index in [1.165, 1.54) is 0 Å². The van der Waals surface area contributed by atoms with Crippen molar-refractivity contribution in [3.05, 3.63) is 48.8 Å². The number of piperidine rings is 1. The van der Waals surface area contributed by atoms with Crippen LogP contribution in [-0.4, -0.2) is 29.1 Å². The number of carbonyl (C=O) groups excluding carboxylic acids is 2. The van der Waals surface area contributed by atoms with Gasteiger partial charge in [0.05, 0.1) is 0 Å². The fraction of sp³-hybridized carbons (Fsp3) is 0.294. The summed E-state index contributed by atoms with van der Waals surface area (Å²) in [5.74, 6) is 0.000649. The highest BCUT2D eigenvalue weighted by atomic mass is 16.2. The van der Waals surface area contributed by atoms with E-state index in [1.54, 1.807) is 0 Å². The second kappa shape index (κ2) is 6.56. The maximum Gasteiger partial charge on any atom is 0.319 e. The van der Waals surface area contributed by atoms with E-state index in [-0.39, 0.29) is 17.9 Å². The van der Waals surface area contributed by atoms with Crippen molar-refractivity contribution in [3.8, 4) is 5.69 Å². The van der Waals surface area contributed by atoms with Gasteiger partial charge in [0.1, 0.15) is 6.04 Å². The van der Waals surface area contributed by atoms with Gasteiger partial charge in [0.25, 0.3) is 0 Å². The largest absolute Gasteiger partial charge is 0.354 e. The average molecular weight is 312 g/mol. The first-order valence-corrected chi connectivity index (χ1v) is 7.72. The molecule has 120 valence electrons. The Morgan fingerprint density at radius 3 is 2.78 bits per heavy atom. The maximum atomic E-state index is 12.2. The predicted octanol–water partition coefficient (Wildman–Crippen LogP) is 2.12. The molecule has 1 aromatic carbocycles. The van der Waals surface area contributed by atoms with Crippen molar-refractivity contribution in [1.29, 1.82) is 0 Å². The Balaban J connectivity index is 1.66. The summed E-state index contributed by atoms with van der Waals surface area (Å²) in [4.78, 5) is 24.0. The fourth-order valence-electron chi connectivity index (χ4n) is 2.73. The monoisotopic (exact) mass is 312 g/mol. The standard InChI is InChI=1S/C17H20N4O2/c1-12-7-8-18-16(22)15(12)20-17(23)19-13-5-4-6-14(11-13)21-9-2-3-10-21/h2-6,9-12,15H,7-8H2,1H3,(H,18,22)(H2,19,20,23). The molecule has 2 unspecified atom stereocenters. The summed E-state index contributed by atoms with van der Waals surface area (Å²) >= 11 is 0. The van der Waals surface area contributed by atoms with Gasteiger partial charge in [-0.1, -0.05) is 13.0 Å². The molecule has 3 rings (SSSR count). The number of amides is 3. The Kier molecular flexibility index (Phi) is 4.32. The number of anilines is 1. The molecule has 3 N–H and O–H groups in total. The number of benzene rings is 1. The molecule has 1 aliphatic heterocycles. The lowest BCUT2D eigenvalue weighted by Gasteiger charge is -2.28. The van der Waals surface area contributed by atoms with E-state index < -0.39 is 6.04 Å². The molecule has 0 aliphatic carbocycles. The molecule has 2 heterocycles. The summed E-state index contributed by atoms with van der Waals surface area (Å²) in [6.45, 7) is 2.63. The van der Waals surface area contributed by atoms with Crippen LogP contribution in [0, 0.1) is 5.92 Å². The molecule has 2 atom stereocenters. The molecular weight excluding hydrogens is 292 g/mol. The van der Waals surface area contributed by atoms with Crippen LogP contribution in [0.4, 0.5) is 10.5 Å². The van der Waals surface area contributed by atoms with Gasteiger partial charge in [-0.15, -0.1) is 0 Å². The van der Waals surface area contributed by atoms with Gasteiger partial charge < -0.3 is 20.5 Å². The van der Waals surface area contributed by atoms with Crippen molar-refractivity contribution in [2.24, 2.45) is 5.92 Å². The summed E-state index contributed by atoms with van der Waals surface area (Å²) in [5.41, 5.74) is 1.63. The van der Waals surface area contributed by atoms with E-state index in [0.717, 1.165) is 12.1 Å². The third kappa shape index (κ3) is 3.53. The van der Waals surface area contributed by atoms with Gasteiger partial charge in [0.2, 0.25) is 5.91 Å². The van der Waals surface area contributed by atoms with Crippen molar-refractivity contribution in [2.45, 2.75) is 19.4 Å². The third-order valence-electron chi connectivity index (χ3n) is 4.04. The van der Waals surface area contributed by atoms with E-state index in [1.807, 2.05) is 60.3 Å². The molecule has 1 fully saturated rings. The number of nitrogens with one attached hydrogen (secondary N) is 3. The first kappa shape index (κ1) is 15.1. The lowest BCUT2D eigenvalue weighted by molar-refractivity contribution is -0.125. The van der Waals surface area contributed by atoms with Crippen molar-refractivity contribution >= 4 is 17.6 Å². The number of carbonyl (C=O) groups is 2. The minimum Gasteiger partial charge on any atom is -0.354 e. The van der Waals surface area contributed by atoms with E-state index in [9.17, 15) is 9.59 Å². The number of rotatable bonds is 3. The smallest absolute Gasteiger partial charge is 0.319 e. The van der Waals surface area contributed by atoms with Gasteiger partial charge in [-0.25, -0.2) is 4.79 Å². The molecule has 0 spiro atoms. The first-order chi connectivity index (χ1) is 11.1. The van der Waals surface area contributed by atoms with Crippen LogP contribution in [0.15, 0.2) is 48.8 Å². The van der Waals surface area contributed by atoms with Gasteiger partial charge in [-0.3, -0.25) is 4.79 Å². The molecule has 1 aromatic heterocycles. The second-order valence-electron chi connectivity index (χ2n) is 5.77. The van der Waals surface area contributed by atoms with Crippen LogP contribution < -0.4 is 16.0 Å². The predicted molar refractivity (Wildman–Crippen MR) is 88.5 cm³/mol. The minimum absolute atomic E-state index is 0.125. The first-order valence-electron chi connectivity index (χ1n) is 7.72. The topological polar surface area (TPSA) is 75.2 Å². The molecule has 1 saturated heterocycles. The molecule has 1 aliphatic rings. The fourth-order valence-corrected chi connectivity index (χ4v) is 2.73. The van der Waals surface area contributed by atoms with Crippen LogP contribution in [-0.2, 0) is 4.79 Å². The van der Waals surface area contributed by atoms with Crippen LogP contribution >= 0.6 is 0 Å². The summed E-state index contributed by atoms with van der Waals surface area (Å²) in [6.07, 6.45) is 4.74. The zero-order valence-corrected chi connectivity index (χ0v) is 13.0. The minimum atomic E-state index is -0.489. The SMILES string of the molecule is CC1CCNC(=O)C1NC(=O)Nc1cccc(-n2cccc2)c1. The van der Waals surface area contributed by atoms with Gasteiger partial charge in [0.15, 0.2) is 0 Å². The Bertz CT molecular complexity index is 696. The van der Waals surface area contributed by atoms with E-state index in [0.29, 0.717) is 12.2 Å². The van der Waals surface area contributed by atoms with Crippen LogP contribution in [0.1, 0.15) is 13.3 Å². The van der Waals surface area contributed by atoms with Crippen molar-refractivity contribution in [3.63, 3.8) is 0 Å². The van der Waals surface area contributed by atoms with Gasteiger partial charge in [-0.2, -0.15) is 0 Å². The average Bonchev–Trinajstić information content (AvgIpc) is 3.06. The van der Waals surface area contributed by atoms with Gasteiger partial charge >= 0.3 is 6.03 Å². The molecule has 0 saturated carbocycles. The summed E-state index contributed by atoms with van der Waals surface area (Å²) in [7, 11) is 0. The Hall–Kier alpha value is -2.76. The highest BCUT2D eigenvalue weighted by Gasteiger charge is 2.30. The Morgan fingerprint density at radius 1 is 1.26 bits per heavy atom. The van der Waals surface area contributed by atoms with Gasteiger partial charge in [0, 0.05) is 30.3 Å². The zero-order chi connectivity index (χ0) is 16.2. The normalized spacial score (nSPS) is 20.7. The molecule has 0 bridgehead atoms. The lowest BCUT2D eigenvalue weighted by atomic mass is 9.94. The Morgan fingerprint density at radius 2 is 2.04 bits per heavy atom. The summed E-state index contributed by atoms with van der Waals surface area (Å²) < 4.78 is 1.96. The van der Waals surface area contributed by atoms with Crippen LogP contribution in [0.5, 0.6) is 0 Å². The zero-order valence-electron chi connectivity index (χ0n) is 13.0. The molecule has 6 heteroatoms. The van der Waals surface area contributed by atoms with Gasteiger partial charge in [-0.05, 0) is 42.7 Å². The number of hydrogen-bond acceptors (Lipinski definition) is 2. The molecule has 6 nitrogen and oxygen atoms in total. The number of aromatic nitrogens is 1. The lowest BCUT2D eigenvalue weighted by Crippen LogP contribution is -2.55. The molecule has 23 heavy (non-hydrogen) atoms. The van der Waals surface area contributed by atoms with Crippen molar-refractivity contribution < 1.29 is 9.59 Å². The number of hydrogen-bond donors (Lipinski definition) is 3. The van der Waals surface area contributed by atoms with E-state index in [4.69, 9.17) is 0 Å². The third-order valence-corrected chi connectivity index (χ3v) is 4.04. The van der Waals surface area contributed by atoms with Crippen LogP contribution in [0.2, 0.25) is 0 Å². The maximum absolute atomic E-state index is 12.2. The highest BCUT2D eigenvalue weighted by molar-refractivity contribution is 5.94.